The zero-order valence-electron chi connectivity index (χ0n) is 13.6. The van der Waals surface area contributed by atoms with Crippen LogP contribution in [0.15, 0.2) is 48.6 Å². The lowest BCUT2D eigenvalue weighted by Gasteiger charge is -2.37. The molecule has 0 spiro atoms. The molecule has 3 nitrogen and oxygen atoms in total. The van der Waals surface area contributed by atoms with E-state index in [1.54, 1.807) is 12.1 Å². The maximum Gasteiger partial charge on any atom is 0.337 e. The third kappa shape index (κ3) is 2.60. The van der Waals surface area contributed by atoms with E-state index in [2.05, 4.69) is 11.4 Å². The van der Waals surface area contributed by atoms with Crippen molar-refractivity contribution in [1.29, 1.82) is 0 Å². The van der Waals surface area contributed by atoms with E-state index >= 15 is 0 Å². The maximum atomic E-state index is 14.3. The van der Waals surface area contributed by atoms with Gasteiger partial charge in [0.05, 0.1) is 24.4 Å². The first kappa shape index (κ1) is 15.8. The Balaban J connectivity index is 1.73. The minimum Gasteiger partial charge on any atom is -0.465 e. The summed E-state index contributed by atoms with van der Waals surface area (Å²) in [5.41, 5.74) is 2.45. The predicted molar refractivity (Wildman–Crippen MR) is 90.5 cm³/mol. The fourth-order valence-corrected chi connectivity index (χ4v) is 3.90. The van der Waals surface area contributed by atoms with Crippen LogP contribution in [-0.2, 0) is 4.74 Å². The number of hydrogen-bond donors (Lipinski definition) is 1. The van der Waals surface area contributed by atoms with Crippen molar-refractivity contribution >= 4 is 11.7 Å². The molecule has 128 valence electrons. The normalized spacial score (nSPS) is 23.6. The molecule has 3 atom stereocenters. The second-order valence-electron chi connectivity index (χ2n) is 6.44. The minimum absolute atomic E-state index is 0.0215. The molecular weight excluding hydrogens is 324 g/mol. The minimum atomic E-state index is -0.579. The van der Waals surface area contributed by atoms with Crippen molar-refractivity contribution in [3.63, 3.8) is 0 Å². The molecule has 5 heteroatoms. The molecule has 0 unspecified atom stereocenters. The van der Waals surface area contributed by atoms with Gasteiger partial charge in [-0.05, 0) is 41.7 Å². The molecule has 0 saturated heterocycles. The molecule has 4 rings (SSSR count). The highest BCUT2D eigenvalue weighted by atomic mass is 19.1. The molecule has 1 aliphatic carbocycles. The van der Waals surface area contributed by atoms with E-state index in [0.29, 0.717) is 16.8 Å². The number of carbonyl (C=O) groups is 1. The van der Waals surface area contributed by atoms with E-state index < -0.39 is 17.6 Å². The Morgan fingerprint density at radius 3 is 2.68 bits per heavy atom. The molecule has 0 saturated carbocycles. The van der Waals surface area contributed by atoms with Gasteiger partial charge in [-0.15, -0.1) is 0 Å². The Morgan fingerprint density at radius 2 is 1.96 bits per heavy atom. The lowest BCUT2D eigenvalue weighted by molar-refractivity contribution is 0.0600. The first-order valence-corrected chi connectivity index (χ1v) is 8.19. The summed E-state index contributed by atoms with van der Waals surface area (Å²) in [6.45, 7) is 0. The Kier molecular flexibility index (Phi) is 3.79. The van der Waals surface area contributed by atoms with Gasteiger partial charge in [0.2, 0.25) is 0 Å². The van der Waals surface area contributed by atoms with Crippen LogP contribution in [0, 0.1) is 17.6 Å². The van der Waals surface area contributed by atoms with Gasteiger partial charge in [-0.25, -0.2) is 13.6 Å². The molecule has 2 aromatic carbocycles. The van der Waals surface area contributed by atoms with Gasteiger partial charge in [0, 0.05) is 12.0 Å². The summed E-state index contributed by atoms with van der Waals surface area (Å²) in [5.74, 6) is -1.37. The standard InChI is InChI=1S/C20H17F2NO2/c1-25-20(24)12-7-5-11(6-8-12)18-15-4-2-3-14(15)16-9-13(21)10-17(22)19(16)23-18/h2-3,5-10,14-15,18,23H,4H2,1H3/t14-,15-,18-/m0/s1. The van der Waals surface area contributed by atoms with Crippen LogP contribution in [0.3, 0.4) is 0 Å². The molecule has 1 N–H and O–H groups in total. The number of benzene rings is 2. The van der Waals surface area contributed by atoms with Gasteiger partial charge in [-0.3, -0.25) is 0 Å². The number of rotatable bonds is 2. The van der Waals surface area contributed by atoms with Gasteiger partial charge in [0.15, 0.2) is 0 Å². The maximum absolute atomic E-state index is 14.3. The third-order valence-corrected chi connectivity index (χ3v) is 5.08. The van der Waals surface area contributed by atoms with Crippen molar-refractivity contribution in [2.24, 2.45) is 5.92 Å². The molecule has 1 aliphatic heterocycles. The first-order valence-electron chi connectivity index (χ1n) is 8.19. The number of halogens is 2. The average Bonchev–Trinajstić information content (AvgIpc) is 3.11. The Morgan fingerprint density at radius 1 is 1.20 bits per heavy atom. The van der Waals surface area contributed by atoms with Crippen LogP contribution >= 0.6 is 0 Å². The Labute approximate surface area is 144 Å². The molecule has 0 amide bonds. The summed E-state index contributed by atoms with van der Waals surface area (Å²) in [5, 5.41) is 3.25. The van der Waals surface area contributed by atoms with Crippen LogP contribution in [0.25, 0.3) is 0 Å². The molecule has 0 aromatic heterocycles. The van der Waals surface area contributed by atoms with Crippen molar-refractivity contribution in [2.75, 3.05) is 12.4 Å². The first-order chi connectivity index (χ1) is 12.1. The van der Waals surface area contributed by atoms with Crippen molar-refractivity contribution in [1.82, 2.24) is 0 Å². The Hall–Kier alpha value is -2.69. The summed E-state index contributed by atoms with van der Waals surface area (Å²) in [7, 11) is 1.34. The topological polar surface area (TPSA) is 38.3 Å². The summed E-state index contributed by atoms with van der Waals surface area (Å²) in [6, 6.07) is 9.32. The van der Waals surface area contributed by atoms with Crippen LogP contribution in [-0.4, -0.2) is 13.1 Å². The van der Waals surface area contributed by atoms with Crippen LogP contribution in [0.2, 0.25) is 0 Å². The van der Waals surface area contributed by atoms with Gasteiger partial charge >= 0.3 is 5.97 Å². The number of allylic oxidation sites excluding steroid dienone is 2. The lowest BCUT2D eigenvalue weighted by atomic mass is 9.77. The average molecular weight is 341 g/mol. The number of nitrogens with one attached hydrogen (secondary N) is 1. The number of anilines is 1. The van der Waals surface area contributed by atoms with Crippen LogP contribution in [0.1, 0.15) is 39.9 Å². The second kappa shape index (κ2) is 5.99. The predicted octanol–water partition coefficient (Wildman–Crippen LogP) is 4.58. The van der Waals surface area contributed by atoms with Crippen molar-refractivity contribution in [3.8, 4) is 0 Å². The van der Waals surface area contributed by atoms with Gasteiger partial charge in [-0.2, -0.15) is 0 Å². The molecule has 2 aliphatic rings. The van der Waals surface area contributed by atoms with Gasteiger partial charge in [0.1, 0.15) is 11.6 Å². The number of ether oxygens (including phenoxy) is 1. The summed E-state index contributed by atoms with van der Waals surface area (Å²) >= 11 is 0. The van der Waals surface area contributed by atoms with Crippen LogP contribution in [0.5, 0.6) is 0 Å². The fourth-order valence-electron chi connectivity index (χ4n) is 3.90. The van der Waals surface area contributed by atoms with Crippen molar-refractivity contribution in [3.05, 3.63) is 76.9 Å². The van der Waals surface area contributed by atoms with E-state index in [1.165, 1.54) is 13.2 Å². The second-order valence-corrected chi connectivity index (χ2v) is 6.44. The fraction of sp³-hybridized carbons (Fsp3) is 0.250. The number of carbonyl (C=O) groups excluding carboxylic acids is 1. The zero-order chi connectivity index (χ0) is 17.6. The molecule has 1 heterocycles. The largest absolute Gasteiger partial charge is 0.465 e. The van der Waals surface area contributed by atoms with E-state index in [1.807, 2.05) is 18.2 Å². The number of hydrogen-bond acceptors (Lipinski definition) is 3. The third-order valence-electron chi connectivity index (χ3n) is 5.08. The zero-order valence-corrected chi connectivity index (χ0v) is 13.6. The summed E-state index contributed by atoms with van der Waals surface area (Å²) in [6.07, 6.45) is 4.92. The molecule has 0 fully saturated rings. The molecule has 0 radical (unpaired) electrons. The van der Waals surface area contributed by atoms with Gasteiger partial charge in [-0.1, -0.05) is 24.3 Å². The summed E-state index contributed by atoms with van der Waals surface area (Å²) in [4.78, 5) is 11.6. The number of fused-ring (bicyclic) bond motifs is 3. The van der Waals surface area contributed by atoms with Crippen LogP contribution in [0.4, 0.5) is 14.5 Å². The number of esters is 1. The SMILES string of the molecule is COC(=O)c1ccc([C@@H]2Nc3c(F)cc(F)cc3[C@H]3C=CC[C@@H]32)cc1. The van der Waals surface area contributed by atoms with Gasteiger partial charge in [0.25, 0.3) is 0 Å². The molecule has 2 aromatic rings. The van der Waals surface area contributed by atoms with Crippen molar-refractivity contribution in [2.45, 2.75) is 18.4 Å². The molecule has 0 bridgehead atoms. The van der Waals surface area contributed by atoms with E-state index in [-0.39, 0.29) is 17.9 Å². The van der Waals surface area contributed by atoms with E-state index in [9.17, 15) is 13.6 Å². The monoisotopic (exact) mass is 341 g/mol. The molecule has 25 heavy (non-hydrogen) atoms. The smallest absolute Gasteiger partial charge is 0.337 e. The highest BCUT2D eigenvalue weighted by molar-refractivity contribution is 5.89. The lowest BCUT2D eigenvalue weighted by Crippen LogP contribution is -2.30. The van der Waals surface area contributed by atoms with E-state index in [0.717, 1.165) is 18.1 Å². The Bertz CT molecular complexity index is 861. The van der Waals surface area contributed by atoms with Gasteiger partial charge < -0.3 is 10.1 Å². The quantitative estimate of drug-likeness (QED) is 0.642. The highest BCUT2D eigenvalue weighted by Gasteiger charge is 2.39. The van der Waals surface area contributed by atoms with E-state index in [4.69, 9.17) is 4.74 Å². The van der Waals surface area contributed by atoms with Crippen LogP contribution < -0.4 is 5.32 Å². The molecular formula is C20H17F2NO2. The summed E-state index contributed by atoms with van der Waals surface area (Å²) < 4.78 is 32.7. The number of methoxy groups -OCH3 is 1. The van der Waals surface area contributed by atoms with Crippen molar-refractivity contribution < 1.29 is 18.3 Å². The highest BCUT2D eigenvalue weighted by Crippen LogP contribution is 2.50.